The third-order valence-electron chi connectivity index (χ3n) is 3.24. The number of para-hydroxylation sites is 1. The lowest BCUT2D eigenvalue weighted by Crippen LogP contribution is -2.36. The number of nitrogens with two attached hydrogens (primary N) is 1. The second-order valence-electron chi connectivity index (χ2n) is 5.09. The van der Waals surface area contributed by atoms with Crippen LogP contribution < -0.4 is 5.73 Å². The zero-order valence-corrected chi connectivity index (χ0v) is 12.8. The molecule has 0 aliphatic carbocycles. The summed E-state index contributed by atoms with van der Waals surface area (Å²) in [7, 11) is 0. The van der Waals surface area contributed by atoms with Gasteiger partial charge in [0.05, 0.1) is 16.3 Å². The molecule has 2 N–H and O–H groups in total. The molecule has 1 heterocycles. The number of carbonyl (C=O) groups excluding carboxylic acids is 1. The third kappa shape index (κ3) is 3.52. The van der Waals surface area contributed by atoms with Crippen molar-refractivity contribution in [2.24, 2.45) is 0 Å². The highest BCUT2D eigenvalue weighted by Crippen LogP contribution is 2.24. The largest absolute Gasteiger partial charge is 0.397 e. The Morgan fingerprint density at radius 2 is 2.10 bits per heavy atom. The molecule has 0 aliphatic rings. The Balaban J connectivity index is 2.30. The van der Waals surface area contributed by atoms with E-state index in [4.69, 9.17) is 17.3 Å². The van der Waals surface area contributed by atoms with Gasteiger partial charge in [0.15, 0.2) is 0 Å². The minimum Gasteiger partial charge on any atom is -0.397 e. The average Bonchev–Trinajstić information content (AvgIpc) is 2.48. The van der Waals surface area contributed by atoms with E-state index in [2.05, 4.69) is 4.98 Å². The fraction of sp³-hybridized carbons (Fsp3) is 0.250. The minimum absolute atomic E-state index is 0.0380. The van der Waals surface area contributed by atoms with Crippen LogP contribution in [0.5, 0.6) is 0 Å². The van der Waals surface area contributed by atoms with Crippen LogP contribution >= 0.6 is 11.6 Å². The van der Waals surface area contributed by atoms with E-state index in [0.717, 1.165) is 5.56 Å². The van der Waals surface area contributed by atoms with Crippen molar-refractivity contribution in [3.05, 3.63) is 58.9 Å². The van der Waals surface area contributed by atoms with E-state index >= 15 is 0 Å². The van der Waals surface area contributed by atoms with Gasteiger partial charge in [0.2, 0.25) is 0 Å². The van der Waals surface area contributed by atoms with Crippen LogP contribution in [0.3, 0.4) is 0 Å². The van der Waals surface area contributed by atoms with Gasteiger partial charge in [-0.25, -0.2) is 0 Å². The van der Waals surface area contributed by atoms with Crippen LogP contribution in [0.1, 0.15) is 29.8 Å². The molecule has 2 rings (SSSR count). The Bertz CT molecular complexity index is 629. The summed E-state index contributed by atoms with van der Waals surface area (Å²) in [6, 6.07) is 8.94. The number of hydrogen-bond donors (Lipinski definition) is 1. The summed E-state index contributed by atoms with van der Waals surface area (Å²) in [5, 5.41) is 0.394. The number of pyridine rings is 1. The molecule has 0 aliphatic heterocycles. The zero-order valence-electron chi connectivity index (χ0n) is 12.1. The number of aromatic nitrogens is 1. The van der Waals surface area contributed by atoms with Crippen molar-refractivity contribution < 1.29 is 4.79 Å². The number of nitrogen functional groups attached to an aromatic ring is 1. The molecule has 0 saturated heterocycles. The van der Waals surface area contributed by atoms with E-state index in [0.29, 0.717) is 22.8 Å². The fourth-order valence-electron chi connectivity index (χ4n) is 2.06. The van der Waals surface area contributed by atoms with Gasteiger partial charge in [-0.3, -0.25) is 9.78 Å². The molecule has 0 unspecified atom stereocenters. The first-order chi connectivity index (χ1) is 10.0. The van der Waals surface area contributed by atoms with Crippen LogP contribution in [0, 0.1) is 0 Å². The standard InChI is InChI=1S/C16H18ClN3O/c1-11(2)20(10-12-5-4-8-19-9-12)16(21)13-6-3-7-14(17)15(13)18/h3-9,11H,10,18H2,1-2H3. The van der Waals surface area contributed by atoms with E-state index in [9.17, 15) is 4.79 Å². The van der Waals surface area contributed by atoms with Crippen LogP contribution in [0.15, 0.2) is 42.7 Å². The van der Waals surface area contributed by atoms with Crippen molar-refractivity contribution in [1.82, 2.24) is 9.88 Å². The topological polar surface area (TPSA) is 59.2 Å². The molecule has 0 bridgehead atoms. The highest BCUT2D eigenvalue weighted by Gasteiger charge is 2.21. The molecular formula is C16H18ClN3O. The van der Waals surface area contributed by atoms with Crippen molar-refractivity contribution in [2.75, 3.05) is 5.73 Å². The minimum atomic E-state index is -0.131. The molecule has 0 fully saturated rings. The number of benzene rings is 1. The number of nitrogens with zero attached hydrogens (tertiary/aromatic N) is 2. The highest BCUT2D eigenvalue weighted by molar-refractivity contribution is 6.33. The Morgan fingerprint density at radius 3 is 2.71 bits per heavy atom. The smallest absolute Gasteiger partial charge is 0.256 e. The summed E-state index contributed by atoms with van der Waals surface area (Å²) in [6.07, 6.45) is 3.46. The predicted molar refractivity (Wildman–Crippen MR) is 85.1 cm³/mol. The number of amides is 1. The average molecular weight is 304 g/mol. The summed E-state index contributed by atoms with van der Waals surface area (Å²) in [4.78, 5) is 18.6. The predicted octanol–water partition coefficient (Wildman–Crippen LogP) is 3.37. The highest BCUT2D eigenvalue weighted by atomic mass is 35.5. The van der Waals surface area contributed by atoms with Gasteiger partial charge in [-0.05, 0) is 37.6 Å². The summed E-state index contributed by atoms with van der Waals surface area (Å²) in [5.74, 6) is -0.131. The van der Waals surface area contributed by atoms with E-state index < -0.39 is 0 Å². The van der Waals surface area contributed by atoms with E-state index in [1.165, 1.54) is 0 Å². The number of carbonyl (C=O) groups is 1. The molecule has 5 heteroatoms. The van der Waals surface area contributed by atoms with Gasteiger partial charge >= 0.3 is 0 Å². The first-order valence-corrected chi connectivity index (χ1v) is 7.12. The Kier molecular flexibility index (Phi) is 4.81. The Hall–Kier alpha value is -2.07. The van der Waals surface area contributed by atoms with Crippen molar-refractivity contribution in [3.63, 3.8) is 0 Å². The monoisotopic (exact) mass is 303 g/mol. The maximum absolute atomic E-state index is 12.7. The first-order valence-electron chi connectivity index (χ1n) is 6.74. The molecule has 1 aromatic carbocycles. The summed E-state index contributed by atoms with van der Waals surface area (Å²) in [5.41, 5.74) is 7.65. The van der Waals surface area contributed by atoms with Crippen LogP contribution in [0.4, 0.5) is 5.69 Å². The van der Waals surface area contributed by atoms with E-state index in [1.807, 2.05) is 26.0 Å². The van der Waals surface area contributed by atoms with Gasteiger partial charge in [-0.2, -0.15) is 0 Å². The van der Waals surface area contributed by atoms with Gasteiger partial charge in [-0.15, -0.1) is 0 Å². The molecule has 0 spiro atoms. The van der Waals surface area contributed by atoms with Gasteiger partial charge in [0.1, 0.15) is 0 Å². The van der Waals surface area contributed by atoms with Crippen molar-refractivity contribution in [1.29, 1.82) is 0 Å². The van der Waals surface area contributed by atoms with E-state index in [1.54, 1.807) is 35.5 Å². The lowest BCUT2D eigenvalue weighted by Gasteiger charge is -2.27. The zero-order chi connectivity index (χ0) is 15.4. The lowest BCUT2D eigenvalue weighted by atomic mass is 10.1. The Labute approximate surface area is 129 Å². The molecular weight excluding hydrogens is 286 g/mol. The summed E-state index contributed by atoms with van der Waals surface area (Å²) >= 11 is 6.00. The number of halogens is 1. The van der Waals surface area contributed by atoms with Crippen LogP contribution in [0.2, 0.25) is 5.02 Å². The lowest BCUT2D eigenvalue weighted by molar-refractivity contribution is 0.0691. The van der Waals surface area contributed by atoms with Crippen molar-refractivity contribution in [2.45, 2.75) is 26.4 Å². The first kappa shape index (κ1) is 15.3. The van der Waals surface area contributed by atoms with Gasteiger partial charge < -0.3 is 10.6 Å². The SMILES string of the molecule is CC(C)N(Cc1cccnc1)C(=O)c1cccc(Cl)c1N. The molecule has 0 atom stereocenters. The van der Waals surface area contributed by atoms with Crippen LogP contribution in [-0.4, -0.2) is 21.8 Å². The summed E-state index contributed by atoms with van der Waals surface area (Å²) in [6.45, 7) is 4.42. The van der Waals surface area contributed by atoms with E-state index in [-0.39, 0.29) is 11.9 Å². The number of anilines is 1. The normalized spacial score (nSPS) is 10.7. The maximum Gasteiger partial charge on any atom is 0.256 e. The van der Waals surface area contributed by atoms with Crippen LogP contribution in [0.25, 0.3) is 0 Å². The second-order valence-corrected chi connectivity index (χ2v) is 5.50. The van der Waals surface area contributed by atoms with Gasteiger partial charge in [0, 0.05) is 25.0 Å². The van der Waals surface area contributed by atoms with Crippen LogP contribution in [-0.2, 0) is 6.54 Å². The van der Waals surface area contributed by atoms with Crippen molar-refractivity contribution >= 4 is 23.2 Å². The molecule has 2 aromatic rings. The maximum atomic E-state index is 12.7. The molecule has 21 heavy (non-hydrogen) atoms. The molecule has 1 amide bonds. The molecule has 0 radical (unpaired) electrons. The molecule has 110 valence electrons. The quantitative estimate of drug-likeness (QED) is 0.881. The van der Waals surface area contributed by atoms with Gasteiger partial charge in [-0.1, -0.05) is 23.7 Å². The number of hydrogen-bond acceptors (Lipinski definition) is 3. The van der Waals surface area contributed by atoms with Crippen molar-refractivity contribution in [3.8, 4) is 0 Å². The fourth-order valence-corrected chi connectivity index (χ4v) is 2.23. The Morgan fingerprint density at radius 1 is 1.33 bits per heavy atom. The third-order valence-corrected chi connectivity index (χ3v) is 3.57. The summed E-state index contributed by atoms with van der Waals surface area (Å²) < 4.78 is 0. The number of rotatable bonds is 4. The van der Waals surface area contributed by atoms with Gasteiger partial charge in [0.25, 0.3) is 5.91 Å². The molecule has 1 aromatic heterocycles. The molecule has 4 nitrogen and oxygen atoms in total. The molecule has 0 saturated carbocycles. The second kappa shape index (κ2) is 6.59.